The van der Waals surface area contributed by atoms with E-state index in [1.165, 1.54) is 6.92 Å². The summed E-state index contributed by atoms with van der Waals surface area (Å²) in [5, 5.41) is 0. The summed E-state index contributed by atoms with van der Waals surface area (Å²) in [6, 6.07) is 0. The van der Waals surface area contributed by atoms with E-state index >= 15 is 0 Å². The first-order chi connectivity index (χ1) is 1.73. The predicted octanol–water partition coefficient (Wildman–Crippen LogP) is -0.234. The summed E-state index contributed by atoms with van der Waals surface area (Å²) in [5.74, 6) is -0.333. The monoisotopic (exact) mass is 110 g/mol. The molecule has 0 rings (SSSR count). The van der Waals surface area contributed by atoms with Crippen LogP contribution in [0.4, 0.5) is 0 Å². The van der Waals surface area contributed by atoms with Crippen molar-refractivity contribution in [3.05, 3.63) is 0 Å². The molecule has 0 radical (unpaired) electrons. The molecule has 5 N–H and O–H groups in total. The van der Waals surface area contributed by atoms with Crippen LogP contribution >= 0.6 is 13.5 Å². The number of carbonyl (C=O) groups excluding carboxylic acids is 1. The highest BCUT2D eigenvalue weighted by atomic mass is 32.1. The Kier molecular flexibility index (Phi) is 25.2. The van der Waals surface area contributed by atoms with Crippen LogP contribution in [0.15, 0.2) is 0 Å². The van der Waals surface area contributed by atoms with Gasteiger partial charge in [0.2, 0.25) is 5.91 Å². The smallest absolute Gasteiger partial charge is 0.214 e. The first kappa shape index (κ1) is 17.1. The normalized spacial score (nSPS) is 4.17. The number of nitrogens with two attached hydrogens (primary N) is 1. The van der Waals surface area contributed by atoms with E-state index in [-0.39, 0.29) is 25.6 Å². The molecule has 0 unspecified atom stereocenters. The van der Waals surface area contributed by atoms with Gasteiger partial charge in [-0.25, -0.2) is 0 Å². The summed E-state index contributed by atoms with van der Waals surface area (Å²) in [6.45, 7) is 1.31. The maximum atomic E-state index is 9.22. The molecule has 0 saturated carbocycles. The highest BCUT2D eigenvalue weighted by molar-refractivity contribution is 7.59. The Morgan fingerprint density at radius 1 is 1.67 bits per heavy atom. The number of carbonyl (C=O) groups is 1. The molecule has 0 spiro atoms. The first-order valence-corrected chi connectivity index (χ1v) is 0.993. The zero-order chi connectivity index (χ0) is 3.58. The lowest BCUT2D eigenvalue weighted by Gasteiger charge is -1.60. The van der Waals surface area contributed by atoms with Gasteiger partial charge in [0.25, 0.3) is 0 Å². The van der Waals surface area contributed by atoms with Crippen molar-refractivity contribution < 1.29 is 4.79 Å². The van der Waals surface area contributed by atoms with Crippen molar-refractivity contribution in [2.45, 2.75) is 6.92 Å². The third-order valence-corrected chi connectivity index (χ3v) is 0. The maximum absolute atomic E-state index is 9.22. The topological polar surface area (TPSA) is 78.1 Å². The van der Waals surface area contributed by atoms with Gasteiger partial charge in [0, 0.05) is 6.92 Å². The molecule has 0 aromatic heterocycles. The van der Waals surface area contributed by atoms with Crippen LogP contribution < -0.4 is 11.9 Å². The summed E-state index contributed by atoms with van der Waals surface area (Å²) >= 11 is 0. The molecule has 4 heteroatoms. The van der Waals surface area contributed by atoms with Crippen molar-refractivity contribution in [1.29, 1.82) is 0 Å². The zero-order valence-electron chi connectivity index (χ0n) is 3.69. The third-order valence-electron chi connectivity index (χ3n) is 0. The predicted molar refractivity (Wildman–Crippen MR) is 30.3 cm³/mol. The Labute approximate surface area is 43.9 Å². The van der Waals surface area contributed by atoms with Crippen LogP contribution in [0.3, 0.4) is 0 Å². The van der Waals surface area contributed by atoms with Crippen molar-refractivity contribution in [3.8, 4) is 0 Å². The highest BCUT2D eigenvalue weighted by Crippen LogP contribution is 1.33. The molecule has 0 saturated heterocycles. The van der Waals surface area contributed by atoms with Gasteiger partial charge >= 0.3 is 0 Å². The molecule has 0 aliphatic carbocycles. The average molecular weight is 110 g/mol. The van der Waals surface area contributed by atoms with E-state index in [0.717, 1.165) is 0 Å². The second-order valence-corrected chi connectivity index (χ2v) is 0.611. The maximum Gasteiger partial charge on any atom is 0.214 e. The molecule has 0 atom stereocenters. The van der Waals surface area contributed by atoms with E-state index < -0.39 is 0 Å². The summed E-state index contributed by atoms with van der Waals surface area (Å²) in [6.07, 6.45) is 0. The summed E-state index contributed by atoms with van der Waals surface area (Å²) in [5.41, 5.74) is 4.47. The Bertz CT molecular complexity index is 34.5. The molecule has 1 amide bonds. The van der Waals surface area contributed by atoms with Crippen molar-refractivity contribution in [3.63, 3.8) is 0 Å². The van der Waals surface area contributed by atoms with Crippen LogP contribution in [0.25, 0.3) is 0 Å². The molecule has 0 aliphatic rings. The fraction of sp³-hybridized carbons (Fsp3) is 0.500. The van der Waals surface area contributed by atoms with E-state index in [2.05, 4.69) is 5.73 Å². The van der Waals surface area contributed by atoms with Crippen molar-refractivity contribution in [2.75, 3.05) is 0 Å². The van der Waals surface area contributed by atoms with Crippen molar-refractivity contribution in [1.82, 2.24) is 6.15 Å². The zero-order valence-corrected chi connectivity index (χ0v) is 4.69. The van der Waals surface area contributed by atoms with Crippen LogP contribution in [0, 0.1) is 0 Å². The molecule has 3 nitrogen and oxygen atoms in total. The number of primary amides is 1. The third kappa shape index (κ3) is 604. The molecule has 0 heterocycles. The van der Waals surface area contributed by atoms with E-state index in [9.17, 15) is 4.79 Å². The van der Waals surface area contributed by atoms with Gasteiger partial charge in [0.1, 0.15) is 0 Å². The molecule has 0 aliphatic heterocycles. The molecular weight excluding hydrogens is 100 g/mol. The number of rotatable bonds is 0. The number of hydrogen-bond donors (Lipinski definition) is 2. The fourth-order valence-electron chi connectivity index (χ4n) is 0. The number of hydrogen-bond acceptors (Lipinski definition) is 2. The number of amides is 1. The lowest BCUT2D eigenvalue weighted by atomic mass is 10.8. The van der Waals surface area contributed by atoms with Gasteiger partial charge in [0.05, 0.1) is 0 Å². The van der Waals surface area contributed by atoms with Gasteiger partial charge in [-0.2, -0.15) is 13.5 Å². The van der Waals surface area contributed by atoms with Crippen LogP contribution in [0.2, 0.25) is 0 Å². The first-order valence-electron chi connectivity index (χ1n) is 0.993. The van der Waals surface area contributed by atoms with E-state index in [0.29, 0.717) is 0 Å². The van der Waals surface area contributed by atoms with Gasteiger partial charge < -0.3 is 11.9 Å². The largest absolute Gasteiger partial charge is 0.370 e. The SMILES string of the molecule is CC(N)=O.N.S. The molecule has 0 bridgehead atoms. The van der Waals surface area contributed by atoms with Gasteiger partial charge in [-0.15, -0.1) is 0 Å². The molecule has 0 aromatic rings. The second kappa shape index (κ2) is 8.84. The van der Waals surface area contributed by atoms with Crippen LogP contribution in [-0.4, -0.2) is 5.91 Å². The fourth-order valence-corrected chi connectivity index (χ4v) is 0. The van der Waals surface area contributed by atoms with E-state index in [1.807, 2.05) is 0 Å². The van der Waals surface area contributed by atoms with Crippen LogP contribution in [-0.2, 0) is 4.79 Å². The van der Waals surface area contributed by atoms with Crippen LogP contribution in [0.1, 0.15) is 6.92 Å². The summed E-state index contributed by atoms with van der Waals surface area (Å²) in [7, 11) is 0. The average Bonchev–Trinajstić information content (AvgIpc) is 0.811. The lowest BCUT2D eigenvalue weighted by molar-refractivity contribution is -0.115. The summed E-state index contributed by atoms with van der Waals surface area (Å²) in [4.78, 5) is 9.22. The van der Waals surface area contributed by atoms with E-state index in [4.69, 9.17) is 0 Å². The molecule has 0 aromatic carbocycles. The summed E-state index contributed by atoms with van der Waals surface area (Å²) < 4.78 is 0. The van der Waals surface area contributed by atoms with Gasteiger partial charge in [-0.05, 0) is 0 Å². The minimum Gasteiger partial charge on any atom is -0.370 e. The second-order valence-electron chi connectivity index (χ2n) is 0.611. The van der Waals surface area contributed by atoms with Crippen LogP contribution in [0.5, 0.6) is 0 Å². The minimum absolute atomic E-state index is 0. The van der Waals surface area contributed by atoms with Crippen molar-refractivity contribution in [2.24, 2.45) is 5.73 Å². The molecular formula is C2H10N2OS. The molecule has 0 fully saturated rings. The highest BCUT2D eigenvalue weighted by Gasteiger charge is 1.61. The Balaban J connectivity index is -0.0000000450. The Morgan fingerprint density at radius 2 is 1.67 bits per heavy atom. The van der Waals surface area contributed by atoms with E-state index in [1.54, 1.807) is 0 Å². The Hall–Kier alpha value is -0.220. The lowest BCUT2D eigenvalue weighted by Crippen LogP contribution is -2.01. The van der Waals surface area contributed by atoms with Crippen molar-refractivity contribution >= 4 is 19.4 Å². The molecule has 40 valence electrons. The van der Waals surface area contributed by atoms with Gasteiger partial charge in [0.15, 0.2) is 0 Å². The standard InChI is InChI=1S/C2H5NO.H3N.H2S/c1-2(3)4;;/h1H3,(H2,3,4);1H3;1H2. The van der Waals surface area contributed by atoms with Gasteiger partial charge in [-0.1, -0.05) is 0 Å². The van der Waals surface area contributed by atoms with Gasteiger partial charge in [-0.3, -0.25) is 4.79 Å². The minimum atomic E-state index is -0.333. The molecule has 6 heavy (non-hydrogen) atoms. The Morgan fingerprint density at radius 3 is 1.67 bits per heavy atom. The quantitative estimate of drug-likeness (QED) is 0.451.